The van der Waals surface area contributed by atoms with Crippen molar-refractivity contribution >= 4 is 82.4 Å². The number of carbonyl (C=O) groups excluding carboxylic acids is 4. The summed E-state index contributed by atoms with van der Waals surface area (Å²) in [6.07, 6.45) is 0. The Morgan fingerprint density at radius 1 is 0.381 bits per heavy atom. The third-order valence-corrected chi connectivity index (χ3v) is 17.2. The lowest BCUT2D eigenvalue weighted by Gasteiger charge is -2.28. The topological polar surface area (TPSA) is 172 Å². The van der Waals surface area contributed by atoms with Crippen LogP contribution in [0.4, 0.5) is 21.0 Å². The maximum Gasteiger partial charge on any atom is 0.344 e. The van der Waals surface area contributed by atoms with Crippen molar-refractivity contribution in [1.82, 2.24) is 10.6 Å². The molecule has 0 spiro atoms. The average molecular weight is 1220 g/mol. The predicted molar refractivity (Wildman–Crippen MR) is 339 cm³/mol. The molecular weight excluding hydrogens is 1140 g/mol. The molecule has 7 rings (SSSR count). The molecule has 18 heteroatoms. The first kappa shape index (κ1) is 65.0. The van der Waals surface area contributed by atoms with E-state index < -0.39 is 11.9 Å². The number of fused-ring (bicyclic) bond motifs is 8. The van der Waals surface area contributed by atoms with Crippen molar-refractivity contribution in [2.75, 3.05) is 63.4 Å². The van der Waals surface area contributed by atoms with E-state index in [4.69, 9.17) is 28.4 Å². The Labute approximate surface area is 513 Å². The Bertz CT molecular complexity index is 2980. The summed E-state index contributed by atoms with van der Waals surface area (Å²) in [5, 5.41) is 11.7. The minimum absolute atomic E-state index is 0.0869. The van der Waals surface area contributed by atoms with E-state index in [-0.39, 0.29) is 86.5 Å². The number of esters is 2. The number of para-hydroxylation sites is 2. The fourth-order valence-electron chi connectivity index (χ4n) is 8.38. The zero-order chi connectivity index (χ0) is 61.0. The van der Waals surface area contributed by atoms with E-state index in [0.717, 1.165) is 41.8 Å². The van der Waals surface area contributed by atoms with Crippen LogP contribution in [0.15, 0.2) is 148 Å². The second-order valence-electron chi connectivity index (χ2n) is 24.0. The zero-order valence-electron chi connectivity index (χ0n) is 50.8. The van der Waals surface area contributed by atoms with Crippen molar-refractivity contribution in [2.45, 2.75) is 158 Å². The van der Waals surface area contributed by atoms with Gasteiger partial charge in [0.05, 0.1) is 65.5 Å². The van der Waals surface area contributed by atoms with Gasteiger partial charge in [-0.3, -0.25) is 0 Å². The van der Waals surface area contributed by atoms with E-state index in [9.17, 15) is 19.2 Å². The third kappa shape index (κ3) is 18.2. The molecule has 448 valence electrons. The highest BCUT2D eigenvalue weighted by Crippen LogP contribution is 2.56. The number of urea groups is 2. The number of ether oxygens (including phenoxy) is 6. The fraction of sp³-hybridized carbons (Fsp3) is 0.394. The first-order valence-electron chi connectivity index (χ1n) is 28.2. The van der Waals surface area contributed by atoms with E-state index in [1.54, 1.807) is 13.8 Å². The molecule has 0 aliphatic carbocycles. The summed E-state index contributed by atoms with van der Waals surface area (Å²) in [5.74, 6) is 0.936. The number of benzene rings is 6. The maximum absolute atomic E-state index is 13.4. The number of nitrogens with one attached hydrogen (secondary N) is 4. The van der Waals surface area contributed by atoms with Crippen LogP contribution in [0.25, 0.3) is 0 Å². The van der Waals surface area contributed by atoms with Crippen LogP contribution >= 0.6 is 47.0 Å². The Balaban J connectivity index is 1.51. The highest BCUT2D eigenvalue weighted by atomic mass is 32.2. The molecule has 8 bridgehead atoms. The normalized spacial score (nSPS) is 12.5. The van der Waals surface area contributed by atoms with Gasteiger partial charge >= 0.3 is 24.0 Å². The molecule has 6 aromatic rings. The highest BCUT2D eigenvalue weighted by Gasteiger charge is 2.31. The van der Waals surface area contributed by atoms with Crippen molar-refractivity contribution in [3.05, 3.63) is 131 Å². The van der Waals surface area contributed by atoms with Crippen molar-refractivity contribution in [1.29, 1.82) is 0 Å². The number of carbonyl (C=O) groups is 4. The van der Waals surface area contributed by atoms with Crippen LogP contribution in [0, 0.1) is 0 Å². The van der Waals surface area contributed by atoms with Crippen molar-refractivity contribution in [3.8, 4) is 23.0 Å². The van der Waals surface area contributed by atoms with Gasteiger partial charge in [0, 0.05) is 11.4 Å². The minimum atomic E-state index is -0.523. The lowest BCUT2D eigenvalue weighted by Crippen LogP contribution is -2.32. The second kappa shape index (κ2) is 28.5. The van der Waals surface area contributed by atoms with E-state index >= 15 is 0 Å². The number of anilines is 2. The molecule has 84 heavy (non-hydrogen) atoms. The van der Waals surface area contributed by atoms with E-state index in [1.165, 1.54) is 47.0 Å². The van der Waals surface area contributed by atoms with Crippen LogP contribution < -0.4 is 40.2 Å². The Morgan fingerprint density at radius 2 is 0.631 bits per heavy atom. The summed E-state index contributed by atoms with van der Waals surface area (Å²) in [6.45, 7) is 29.6. The van der Waals surface area contributed by atoms with Crippen LogP contribution in [-0.4, -0.2) is 76.7 Å². The molecule has 0 aromatic heterocycles. The van der Waals surface area contributed by atoms with Gasteiger partial charge in [-0.2, -0.15) is 0 Å². The van der Waals surface area contributed by atoms with Gasteiger partial charge in [-0.05, 0) is 131 Å². The molecule has 0 radical (unpaired) electrons. The number of hydrogen-bond donors (Lipinski definition) is 4. The molecule has 0 saturated carbocycles. The summed E-state index contributed by atoms with van der Waals surface area (Å²) >= 11 is 5.83. The van der Waals surface area contributed by atoms with Gasteiger partial charge in [0.1, 0.15) is 36.2 Å². The number of hydrogen-bond acceptors (Lipinski definition) is 14. The SMILES string of the molecule is CCOC(=O)COc1c2cc(C(C)(C)C)cc1Sc1cc(C(C)(C)C)cc(c1OCCNC(=O)Nc1ccccc1)Sc1cc(C(C)(C)C)cc(c1OCC(=O)OCC)Sc1cc(C(C)(C)C)cc(c1OCCNC(=O)Nc1ccccc1)S2. The summed E-state index contributed by atoms with van der Waals surface area (Å²) in [5.41, 5.74) is 3.82. The standard InChI is InChI=1S/C66H80N4O10S4/c1-15-75-55(71)39-79-59-51-35-43(65(9,10)11)36-52(59)82-48-32-42(64(6,7)8)34-50(58(48)78-30-28-68-62(74)70-46-25-21-18-22-26-46)84-54-38-44(66(12,13)14)37-53(60(54)80-40-56(72)76-16-2)83-49-33-41(63(3,4)5)31-47(81-51)57(49)77-29-27-67-61(73)69-45-23-19-17-20-24-45/h17-26,31-38H,15-16,27-30,39-40H2,1-14H3,(H2,67,69,73)(H2,68,70,74). The molecule has 1 heterocycles. The molecule has 14 nitrogen and oxygen atoms in total. The average Bonchev–Trinajstić information content (AvgIpc) is 2.51. The molecule has 1 aliphatic rings. The molecule has 6 aromatic carbocycles. The van der Waals surface area contributed by atoms with E-state index in [0.29, 0.717) is 54.0 Å². The quantitative estimate of drug-likeness (QED) is 0.0472. The lowest BCUT2D eigenvalue weighted by atomic mass is 9.87. The van der Waals surface area contributed by atoms with Crippen LogP contribution in [0.2, 0.25) is 0 Å². The summed E-state index contributed by atoms with van der Waals surface area (Å²) in [7, 11) is 0. The van der Waals surface area contributed by atoms with Gasteiger partial charge in [0.25, 0.3) is 0 Å². The predicted octanol–water partition coefficient (Wildman–Crippen LogP) is 16.1. The van der Waals surface area contributed by atoms with Crippen LogP contribution in [-0.2, 0) is 40.7 Å². The fourth-order valence-corrected chi connectivity index (χ4v) is 13.2. The van der Waals surface area contributed by atoms with Gasteiger partial charge < -0.3 is 49.7 Å². The highest BCUT2D eigenvalue weighted by molar-refractivity contribution is 8.01. The van der Waals surface area contributed by atoms with Gasteiger partial charge in [-0.1, -0.05) is 167 Å². The van der Waals surface area contributed by atoms with E-state index in [2.05, 4.69) is 153 Å². The lowest BCUT2D eigenvalue weighted by molar-refractivity contribution is -0.146. The third-order valence-electron chi connectivity index (χ3n) is 13.0. The first-order chi connectivity index (χ1) is 39.7. The molecule has 4 amide bonds. The molecule has 1 aliphatic heterocycles. The first-order valence-corrected chi connectivity index (χ1v) is 31.4. The minimum Gasteiger partial charge on any atom is -0.489 e. The molecule has 0 atom stereocenters. The maximum atomic E-state index is 13.4. The molecule has 0 fully saturated rings. The monoisotopic (exact) mass is 1220 g/mol. The van der Waals surface area contributed by atoms with Crippen molar-refractivity contribution in [2.24, 2.45) is 0 Å². The summed E-state index contributed by atoms with van der Waals surface area (Å²) in [4.78, 5) is 59.1. The smallest absolute Gasteiger partial charge is 0.344 e. The van der Waals surface area contributed by atoms with Gasteiger partial charge in [-0.25, -0.2) is 19.2 Å². The van der Waals surface area contributed by atoms with Crippen molar-refractivity contribution < 1.29 is 47.6 Å². The molecule has 0 saturated heterocycles. The van der Waals surface area contributed by atoms with Crippen LogP contribution in [0.3, 0.4) is 0 Å². The second-order valence-corrected chi connectivity index (χ2v) is 28.3. The van der Waals surface area contributed by atoms with Gasteiger partial charge in [0.15, 0.2) is 13.2 Å². The Kier molecular flexibility index (Phi) is 22.1. The number of amides is 4. The summed E-state index contributed by atoms with van der Waals surface area (Å²) in [6, 6.07) is 34.7. The van der Waals surface area contributed by atoms with Gasteiger partial charge in [-0.15, -0.1) is 0 Å². The number of rotatable bonds is 18. The zero-order valence-corrected chi connectivity index (χ0v) is 54.0. The van der Waals surface area contributed by atoms with Crippen LogP contribution in [0.5, 0.6) is 23.0 Å². The summed E-state index contributed by atoms with van der Waals surface area (Å²) < 4.78 is 38.4. The molecule has 0 unspecified atom stereocenters. The Morgan fingerprint density at radius 3 is 0.869 bits per heavy atom. The van der Waals surface area contributed by atoms with Crippen molar-refractivity contribution in [3.63, 3.8) is 0 Å². The largest absolute Gasteiger partial charge is 0.489 e. The van der Waals surface area contributed by atoms with Crippen LogP contribution in [0.1, 0.15) is 119 Å². The molecular formula is C66H80N4O10S4. The molecule has 4 N–H and O–H groups in total. The van der Waals surface area contributed by atoms with E-state index in [1.807, 2.05) is 60.7 Å². The Hall–Kier alpha value is -6.60. The van der Waals surface area contributed by atoms with Gasteiger partial charge in [0.2, 0.25) is 0 Å².